The topological polar surface area (TPSA) is 24.5 Å². The minimum atomic E-state index is -0.298. The number of halogens is 1. The third-order valence-electron chi connectivity index (χ3n) is 3.74. The van der Waals surface area contributed by atoms with E-state index < -0.39 is 0 Å². The minimum Gasteiger partial charge on any atom is -0.494 e. The Bertz CT molecular complexity index is 434. The third-order valence-corrected chi connectivity index (χ3v) is 3.74. The molecule has 98 valence electrons. The van der Waals surface area contributed by atoms with E-state index in [4.69, 9.17) is 4.74 Å². The van der Waals surface area contributed by atoms with Gasteiger partial charge >= 0.3 is 0 Å². The molecule has 1 unspecified atom stereocenters. The molecule has 2 fully saturated rings. The fraction of sp³-hybridized carbons (Fsp3) is 0.571. The number of hydrogen-bond donors (Lipinski definition) is 1. The summed E-state index contributed by atoms with van der Waals surface area (Å²) in [5.41, 5.74) is 1.05. The molecule has 2 aliphatic rings. The fourth-order valence-corrected chi connectivity index (χ4v) is 2.56. The van der Waals surface area contributed by atoms with Crippen LogP contribution in [-0.2, 0) is 0 Å². The Morgan fingerprint density at radius 2 is 2.11 bits per heavy atom. The van der Waals surface area contributed by atoms with Gasteiger partial charge in [0.05, 0.1) is 7.11 Å². The molecule has 0 bridgehead atoms. The normalized spacial score (nSPS) is 23.4. The van der Waals surface area contributed by atoms with Gasteiger partial charge in [-0.1, -0.05) is 0 Å². The molecular formula is C14H19FN2O. The molecular weight excluding hydrogens is 231 g/mol. The molecule has 0 amide bonds. The van der Waals surface area contributed by atoms with Crippen molar-refractivity contribution in [3.05, 3.63) is 24.0 Å². The van der Waals surface area contributed by atoms with Crippen LogP contribution < -0.4 is 15.0 Å². The standard InChI is InChI=1S/C14H19FN2O/c1-18-14-8-12(4-5-13(14)15)17-7-6-11(9-17)16-10-2-3-10/h4-5,8,10-11,16H,2-3,6-7,9H2,1H3. The van der Waals surface area contributed by atoms with E-state index in [-0.39, 0.29) is 5.82 Å². The highest BCUT2D eigenvalue weighted by molar-refractivity contribution is 5.52. The molecule has 0 aromatic heterocycles. The molecule has 1 aromatic carbocycles. The van der Waals surface area contributed by atoms with Crippen molar-refractivity contribution in [1.82, 2.24) is 5.32 Å². The molecule has 1 aromatic rings. The molecule has 18 heavy (non-hydrogen) atoms. The van der Waals surface area contributed by atoms with E-state index in [9.17, 15) is 4.39 Å². The van der Waals surface area contributed by atoms with Crippen molar-refractivity contribution in [1.29, 1.82) is 0 Å². The summed E-state index contributed by atoms with van der Waals surface area (Å²) in [7, 11) is 1.50. The second-order valence-corrected chi connectivity index (χ2v) is 5.19. The predicted molar refractivity (Wildman–Crippen MR) is 69.7 cm³/mol. The Labute approximate surface area is 107 Å². The van der Waals surface area contributed by atoms with E-state index in [1.54, 1.807) is 6.07 Å². The summed E-state index contributed by atoms with van der Waals surface area (Å²) in [5.74, 6) is 0.0270. The lowest BCUT2D eigenvalue weighted by molar-refractivity contribution is 0.386. The Hall–Kier alpha value is -1.29. The summed E-state index contributed by atoms with van der Waals surface area (Å²) in [6.45, 7) is 2.03. The number of hydrogen-bond acceptors (Lipinski definition) is 3. The van der Waals surface area contributed by atoms with Crippen LogP contribution in [-0.4, -0.2) is 32.3 Å². The van der Waals surface area contributed by atoms with Gasteiger partial charge in [0.25, 0.3) is 0 Å². The molecule has 1 saturated heterocycles. The molecule has 0 radical (unpaired) electrons. The SMILES string of the molecule is COc1cc(N2CCC(NC3CC3)C2)ccc1F. The summed E-state index contributed by atoms with van der Waals surface area (Å²) in [4.78, 5) is 2.29. The van der Waals surface area contributed by atoms with Crippen molar-refractivity contribution < 1.29 is 9.13 Å². The van der Waals surface area contributed by atoms with E-state index >= 15 is 0 Å². The monoisotopic (exact) mass is 250 g/mol. The zero-order valence-corrected chi connectivity index (χ0v) is 10.7. The predicted octanol–water partition coefficient (Wildman–Crippen LogP) is 2.17. The average molecular weight is 250 g/mol. The van der Waals surface area contributed by atoms with Gasteiger partial charge in [-0.3, -0.25) is 0 Å². The molecule has 1 aliphatic carbocycles. The average Bonchev–Trinajstić information content (AvgIpc) is 3.06. The maximum atomic E-state index is 13.4. The van der Waals surface area contributed by atoms with Gasteiger partial charge in [0, 0.05) is 36.9 Å². The molecule has 1 atom stereocenters. The minimum absolute atomic E-state index is 0.298. The van der Waals surface area contributed by atoms with Gasteiger partial charge in [-0.15, -0.1) is 0 Å². The van der Waals surface area contributed by atoms with Crippen LogP contribution in [0.3, 0.4) is 0 Å². The first-order valence-corrected chi connectivity index (χ1v) is 6.61. The quantitative estimate of drug-likeness (QED) is 0.886. The number of anilines is 1. The Balaban J connectivity index is 1.67. The number of nitrogens with one attached hydrogen (secondary N) is 1. The van der Waals surface area contributed by atoms with Crippen molar-refractivity contribution in [3.63, 3.8) is 0 Å². The van der Waals surface area contributed by atoms with Gasteiger partial charge in [0.15, 0.2) is 11.6 Å². The summed E-state index contributed by atoms with van der Waals surface area (Å²) in [6, 6.07) is 6.42. The van der Waals surface area contributed by atoms with Crippen LogP contribution in [0.25, 0.3) is 0 Å². The third kappa shape index (κ3) is 2.43. The van der Waals surface area contributed by atoms with Gasteiger partial charge in [0.2, 0.25) is 0 Å². The summed E-state index contributed by atoms with van der Waals surface area (Å²) in [5, 5.41) is 3.65. The van der Waals surface area contributed by atoms with Crippen LogP contribution in [0.5, 0.6) is 5.75 Å². The Morgan fingerprint density at radius 1 is 1.28 bits per heavy atom. The maximum Gasteiger partial charge on any atom is 0.165 e. The summed E-state index contributed by atoms with van der Waals surface area (Å²) in [6.07, 6.45) is 3.80. The fourth-order valence-electron chi connectivity index (χ4n) is 2.56. The van der Waals surface area contributed by atoms with Crippen molar-refractivity contribution >= 4 is 5.69 Å². The van der Waals surface area contributed by atoms with Crippen molar-refractivity contribution in [2.45, 2.75) is 31.3 Å². The molecule has 1 aliphatic heterocycles. The summed E-state index contributed by atoms with van der Waals surface area (Å²) < 4.78 is 18.4. The first-order valence-electron chi connectivity index (χ1n) is 6.61. The van der Waals surface area contributed by atoms with E-state index in [1.165, 1.54) is 26.0 Å². The van der Waals surface area contributed by atoms with Crippen molar-refractivity contribution in [2.24, 2.45) is 0 Å². The van der Waals surface area contributed by atoms with Crippen molar-refractivity contribution in [3.8, 4) is 5.75 Å². The van der Waals surface area contributed by atoms with Crippen LogP contribution in [0.4, 0.5) is 10.1 Å². The molecule has 3 rings (SSSR count). The number of nitrogens with zero attached hydrogens (tertiary/aromatic N) is 1. The van der Waals surface area contributed by atoms with E-state index in [0.717, 1.165) is 31.2 Å². The lowest BCUT2D eigenvalue weighted by Gasteiger charge is -2.20. The van der Waals surface area contributed by atoms with Gasteiger partial charge in [-0.25, -0.2) is 4.39 Å². The van der Waals surface area contributed by atoms with Crippen LogP contribution in [0.1, 0.15) is 19.3 Å². The highest BCUT2D eigenvalue weighted by Crippen LogP contribution is 2.28. The number of rotatable bonds is 4. The van der Waals surface area contributed by atoms with Gasteiger partial charge in [0.1, 0.15) is 0 Å². The smallest absolute Gasteiger partial charge is 0.165 e. The van der Waals surface area contributed by atoms with Crippen molar-refractivity contribution in [2.75, 3.05) is 25.1 Å². The maximum absolute atomic E-state index is 13.4. The molecule has 1 saturated carbocycles. The van der Waals surface area contributed by atoms with E-state index in [2.05, 4.69) is 10.2 Å². The highest BCUT2D eigenvalue weighted by Gasteiger charge is 2.29. The highest BCUT2D eigenvalue weighted by atomic mass is 19.1. The Morgan fingerprint density at radius 3 is 2.83 bits per heavy atom. The first-order chi connectivity index (χ1) is 8.76. The second-order valence-electron chi connectivity index (χ2n) is 5.19. The van der Waals surface area contributed by atoms with Gasteiger partial charge in [-0.05, 0) is 31.4 Å². The number of benzene rings is 1. The lowest BCUT2D eigenvalue weighted by atomic mass is 10.2. The van der Waals surface area contributed by atoms with Crippen LogP contribution in [0, 0.1) is 5.82 Å². The lowest BCUT2D eigenvalue weighted by Crippen LogP contribution is -2.33. The largest absolute Gasteiger partial charge is 0.494 e. The van der Waals surface area contributed by atoms with Gasteiger partial charge < -0.3 is 15.0 Å². The molecule has 1 N–H and O–H groups in total. The summed E-state index contributed by atoms with van der Waals surface area (Å²) >= 11 is 0. The van der Waals surface area contributed by atoms with Crippen LogP contribution >= 0.6 is 0 Å². The Kier molecular flexibility index (Phi) is 3.12. The zero-order chi connectivity index (χ0) is 12.5. The molecule has 0 spiro atoms. The van der Waals surface area contributed by atoms with E-state index in [1.807, 2.05) is 6.07 Å². The first kappa shape index (κ1) is 11.8. The van der Waals surface area contributed by atoms with Crippen LogP contribution in [0.2, 0.25) is 0 Å². The molecule has 3 nitrogen and oxygen atoms in total. The van der Waals surface area contributed by atoms with Crippen LogP contribution in [0.15, 0.2) is 18.2 Å². The number of methoxy groups -OCH3 is 1. The zero-order valence-electron chi connectivity index (χ0n) is 10.7. The van der Waals surface area contributed by atoms with E-state index in [0.29, 0.717) is 11.8 Å². The van der Waals surface area contributed by atoms with Gasteiger partial charge in [-0.2, -0.15) is 0 Å². The number of ether oxygens (including phenoxy) is 1. The second kappa shape index (κ2) is 4.76. The molecule has 4 heteroatoms. The molecule has 1 heterocycles.